The minimum absolute atomic E-state index is 0.548. The number of unbranched alkanes of at least 4 members (excludes halogenated alkanes) is 3. The number of rotatable bonds is 11. The fraction of sp³-hybridized carbons (Fsp3) is 1.00. The Labute approximate surface area is 121 Å². The lowest BCUT2D eigenvalue weighted by atomic mass is 10.2. The zero-order valence-electron chi connectivity index (χ0n) is 13.8. The minimum atomic E-state index is -2.80. The average Bonchev–Trinajstić information content (AvgIpc) is 2.38. The fourth-order valence-electron chi connectivity index (χ4n) is 1.46. The van der Waals surface area contributed by atoms with Crippen LogP contribution in [-0.2, 0) is 17.7 Å². The zero-order chi connectivity index (χ0) is 15.0. The van der Waals surface area contributed by atoms with Gasteiger partial charge in [-0.3, -0.25) is 0 Å². The van der Waals surface area contributed by atoms with Crippen molar-refractivity contribution in [2.75, 3.05) is 26.4 Å². The Hall–Kier alpha value is 0.0569. The molecule has 0 spiro atoms. The third-order valence-electron chi connectivity index (χ3n) is 2.24. The maximum atomic E-state index is 5.42. The summed E-state index contributed by atoms with van der Waals surface area (Å²) in [4.78, 5) is 0. The monoisotopic (exact) mass is 294 g/mol. The minimum Gasteiger partial charge on any atom is -0.351 e. The van der Waals surface area contributed by atoms with Crippen molar-refractivity contribution in [2.45, 2.75) is 67.2 Å². The Kier molecular flexibility index (Phi) is 18.1. The van der Waals surface area contributed by atoms with Gasteiger partial charge in [0.25, 0.3) is 0 Å². The summed E-state index contributed by atoms with van der Waals surface area (Å²) in [6.45, 7) is 14.3. The molecule has 0 radical (unpaired) electrons. The van der Waals surface area contributed by atoms with Gasteiger partial charge in [-0.2, -0.15) is 0 Å². The molecule has 4 nitrogen and oxygen atoms in total. The predicted octanol–water partition coefficient (Wildman–Crippen LogP) is 4.15. The van der Waals surface area contributed by atoms with E-state index in [2.05, 4.69) is 13.8 Å². The van der Waals surface area contributed by atoms with Gasteiger partial charge in [0, 0.05) is 26.4 Å². The molecule has 0 aliphatic carbocycles. The first-order chi connectivity index (χ1) is 9.16. The van der Waals surface area contributed by atoms with Crippen LogP contribution in [0.3, 0.4) is 0 Å². The second kappa shape index (κ2) is 16.1. The Morgan fingerprint density at radius 2 is 0.789 bits per heavy atom. The zero-order valence-corrected chi connectivity index (χ0v) is 14.8. The first-order valence-electron chi connectivity index (χ1n) is 7.71. The van der Waals surface area contributed by atoms with Crippen LogP contribution in [0.2, 0.25) is 0 Å². The average molecular weight is 295 g/mol. The maximum Gasteiger partial charge on any atom is 0.679 e. The van der Waals surface area contributed by atoms with Crippen molar-refractivity contribution in [3.63, 3.8) is 0 Å². The molecule has 0 N–H and O–H groups in total. The van der Waals surface area contributed by atoms with Gasteiger partial charge in [-0.15, -0.1) is 0 Å². The van der Waals surface area contributed by atoms with Gasteiger partial charge in [0.1, 0.15) is 0 Å². The Morgan fingerprint density at radius 1 is 0.526 bits per heavy atom. The molecule has 0 rings (SSSR count). The molecule has 118 valence electrons. The van der Waals surface area contributed by atoms with Crippen LogP contribution in [0.15, 0.2) is 0 Å². The smallest absolute Gasteiger partial charge is 0.351 e. The third kappa shape index (κ3) is 12.8. The molecule has 0 fully saturated rings. The van der Waals surface area contributed by atoms with Crippen LogP contribution < -0.4 is 0 Å². The van der Waals surface area contributed by atoms with Crippen LogP contribution in [0.1, 0.15) is 67.2 Å². The summed E-state index contributed by atoms with van der Waals surface area (Å²) < 4.78 is 21.7. The summed E-state index contributed by atoms with van der Waals surface area (Å²) in [5.41, 5.74) is 0. The molecular formula is C14H34O4Si. The summed E-state index contributed by atoms with van der Waals surface area (Å²) in [7, 11) is -2.80. The third-order valence-corrected chi connectivity index (χ3v) is 4.81. The summed E-state index contributed by atoms with van der Waals surface area (Å²) >= 11 is 0. The second-order valence-corrected chi connectivity index (χ2v) is 6.09. The van der Waals surface area contributed by atoms with Gasteiger partial charge in [0.05, 0.1) is 0 Å². The van der Waals surface area contributed by atoms with Gasteiger partial charge >= 0.3 is 9.05 Å². The van der Waals surface area contributed by atoms with E-state index in [9.17, 15) is 0 Å². The Bertz CT molecular complexity index is 134. The molecule has 0 saturated carbocycles. The Balaban J connectivity index is 0. The van der Waals surface area contributed by atoms with Crippen LogP contribution in [0.25, 0.3) is 0 Å². The molecule has 0 aromatic carbocycles. The van der Waals surface area contributed by atoms with Crippen molar-refractivity contribution in [3.8, 4) is 0 Å². The van der Waals surface area contributed by atoms with Crippen molar-refractivity contribution in [2.24, 2.45) is 0 Å². The van der Waals surface area contributed by atoms with Gasteiger partial charge in [-0.25, -0.2) is 0 Å². The van der Waals surface area contributed by atoms with Crippen molar-refractivity contribution in [3.05, 3.63) is 0 Å². The SMILES string of the molecule is CCCCCC.CCO[Si](OCC)(OCC)OCC. The quantitative estimate of drug-likeness (QED) is 0.423. The highest BCUT2D eigenvalue weighted by molar-refractivity contribution is 6.53. The molecule has 5 heteroatoms. The van der Waals surface area contributed by atoms with E-state index < -0.39 is 9.05 Å². The fourth-order valence-corrected chi connectivity index (χ4v) is 3.37. The van der Waals surface area contributed by atoms with Gasteiger partial charge in [-0.1, -0.05) is 39.5 Å². The van der Waals surface area contributed by atoms with Crippen LogP contribution in [0.5, 0.6) is 0 Å². The molecule has 0 saturated heterocycles. The summed E-state index contributed by atoms with van der Waals surface area (Å²) in [5, 5.41) is 0. The topological polar surface area (TPSA) is 36.9 Å². The van der Waals surface area contributed by atoms with Crippen molar-refractivity contribution in [1.82, 2.24) is 0 Å². The lowest BCUT2D eigenvalue weighted by molar-refractivity contribution is -0.0247. The van der Waals surface area contributed by atoms with E-state index in [0.29, 0.717) is 26.4 Å². The van der Waals surface area contributed by atoms with E-state index in [1.54, 1.807) is 0 Å². The first-order valence-corrected chi connectivity index (χ1v) is 9.35. The maximum absolute atomic E-state index is 5.42. The highest BCUT2D eigenvalue weighted by atomic mass is 28.4. The van der Waals surface area contributed by atoms with E-state index >= 15 is 0 Å². The number of hydrogen-bond acceptors (Lipinski definition) is 4. The molecule has 0 aromatic rings. The largest absolute Gasteiger partial charge is 0.679 e. The summed E-state index contributed by atoms with van der Waals surface area (Å²) in [5.74, 6) is 0. The van der Waals surface area contributed by atoms with Crippen molar-refractivity contribution < 1.29 is 17.7 Å². The van der Waals surface area contributed by atoms with Crippen LogP contribution in [0, 0.1) is 0 Å². The van der Waals surface area contributed by atoms with Gasteiger partial charge < -0.3 is 17.7 Å². The normalized spacial score (nSPS) is 11.1. The van der Waals surface area contributed by atoms with E-state index in [1.165, 1.54) is 25.7 Å². The molecule has 0 amide bonds. The van der Waals surface area contributed by atoms with Crippen molar-refractivity contribution in [1.29, 1.82) is 0 Å². The molecule has 0 aliphatic heterocycles. The molecule has 0 heterocycles. The summed E-state index contributed by atoms with van der Waals surface area (Å²) in [6.07, 6.45) is 5.54. The van der Waals surface area contributed by atoms with Gasteiger partial charge in [0.2, 0.25) is 0 Å². The highest BCUT2D eigenvalue weighted by Gasteiger charge is 2.44. The van der Waals surface area contributed by atoms with Crippen molar-refractivity contribution >= 4 is 9.05 Å². The van der Waals surface area contributed by atoms with Crippen LogP contribution >= 0.6 is 0 Å². The van der Waals surface area contributed by atoms with E-state index in [4.69, 9.17) is 17.7 Å². The lowest BCUT2D eigenvalue weighted by Gasteiger charge is -2.26. The predicted molar refractivity (Wildman–Crippen MR) is 82.1 cm³/mol. The molecule has 0 bridgehead atoms. The van der Waals surface area contributed by atoms with Crippen LogP contribution in [-0.4, -0.2) is 35.5 Å². The molecule has 0 aromatic heterocycles. The van der Waals surface area contributed by atoms with E-state index in [0.717, 1.165) is 0 Å². The van der Waals surface area contributed by atoms with Crippen LogP contribution in [0.4, 0.5) is 0 Å². The Morgan fingerprint density at radius 3 is 0.947 bits per heavy atom. The molecule has 0 aliphatic rings. The summed E-state index contributed by atoms with van der Waals surface area (Å²) in [6, 6.07) is 0. The highest BCUT2D eigenvalue weighted by Crippen LogP contribution is 2.11. The van der Waals surface area contributed by atoms with Gasteiger partial charge in [-0.05, 0) is 27.7 Å². The molecule has 0 atom stereocenters. The van der Waals surface area contributed by atoms with E-state index in [1.807, 2.05) is 27.7 Å². The standard InChI is InChI=1S/C8H20O4Si.C6H14/c1-5-9-13(10-6-2,11-7-3)12-8-4;1-3-5-6-4-2/h5-8H2,1-4H3;3-6H2,1-2H3. The number of hydrogen-bond donors (Lipinski definition) is 0. The van der Waals surface area contributed by atoms with E-state index in [-0.39, 0.29) is 0 Å². The lowest BCUT2D eigenvalue weighted by Crippen LogP contribution is -2.49. The van der Waals surface area contributed by atoms with Gasteiger partial charge in [0.15, 0.2) is 0 Å². The first kappa shape index (κ1) is 21.4. The molecule has 0 unspecified atom stereocenters. The molecule has 19 heavy (non-hydrogen) atoms. The second-order valence-electron chi connectivity index (χ2n) is 3.94. The molecular weight excluding hydrogens is 260 g/mol.